The zero-order valence-corrected chi connectivity index (χ0v) is 13.8. The molecule has 3 aliphatic heterocycles. The predicted molar refractivity (Wildman–Crippen MR) is 86.7 cm³/mol. The lowest BCUT2D eigenvalue weighted by atomic mass is 9.79. The monoisotopic (exact) mass is 317 g/mol. The van der Waals surface area contributed by atoms with Gasteiger partial charge in [-0.05, 0) is 57.0 Å². The number of aryl methyl sites for hydroxylation is 1. The molecule has 6 heteroatoms. The van der Waals surface area contributed by atoms with E-state index in [9.17, 15) is 4.79 Å². The van der Waals surface area contributed by atoms with Gasteiger partial charge in [-0.15, -0.1) is 0 Å². The third-order valence-electron chi connectivity index (χ3n) is 6.06. The first-order valence-corrected chi connectivity index (χ1v) is 9.17. The minimum Gasteiger partial charge on any atom is -0.342 e. The molecule has 126 valence electrons. The molecule has 1 atom stereocenters. The number of aromatic nitrogens is 3. The van der Waals surface area contributed by atoms with E-state index in [2.05, 4.69) is 20.3 Å². The van der Waals surface area contributed by atoms with Crippen LogP contribution in [0.4, 0.5) is 0 Å². The summed E-state index contributed by atoms with van der Waals surface area (Å²) in [7, 11) is 0. The van der Waals surface area contributed by atoms with Crippen LogP contribution in [0.5, 0.6) is 0 Å². The minimum absolute atomic E-state index is 0.0969. The van der Waals surface area contributed by atoms with Crippen LogP contribution in [0.25, 0.3) is 0 Å². The Bertz CT molecular complexity index is 543. The van der Waals surface area contributed by atoms with Crippen LogP contribution >= 0.6 is 0 Å². The van der Waals surface area contributed by atoms with Gasteiger partial charge in [0.05, 0.1) is 12.5 Å². The zero-order valence-electron chi connectivity index (χ0n) is 13.8. The van der Waals surface area contributed by atoms with Crippen molar-refractivity contribution in [2.45, 2.75) is 45.1 Å². The number of likely N-dealkylation sites (tertiary alicyclic amines) is 1. The van der Waals surface area contributed by atoms with Gasteiger partial charge in [-0.3, -0.25) is 4.79 Å². The quantitative estimate of drug-likeness (QED) is 0.886. The zero-order chi connectivity index (χ0) is 15.6. The van der Waals surface area contributed by atoms with Crippen molar-refractivity contribution in [3.8, 4) is 0 Å². The van der Waals surface area contributed by atoms with E-state index in [1.54, 1.807) is 6.33 Å². The number of nitrogens with zero attached hydrogens (tertiary/aromatic N) is 4. The Morgan fingerprint density at radius 1 is 1.09 bits per heavy atom. The first-order chi connectivity index (χ1) is 11.3. The summed E-state index contributed by atoms with van der Waals surface area (Å²) in [5, 5.41) is 7.69. The van der Waals surface area contributed by atoms with Crippen molar-refractivity contribution >= 4 is 5.91 Å². The van der Waals surface area contributed by atoms with Crippen LogP contribution in [0.1, 0.15) is 37.9 Å². The fourth-order valence-electron chi connectivity index (χ4n) is 4.60. The number of hydrogen-bond donors (Lipinski definition) is 1. The summed E-state index contributed by atoms with van der Waals surface area (Å²) >= 11 is 0. The number of rotatable bonds is 2. The van der Waals surface area contributed by atoms with E-state index < -0.39 is 0 Å². The highest BCUT2D eigenvalue weighted by molar-refractivity contribution is 5.79. The molecule has 1 unspecified atom stereocenters. The molecular formula is C17H27N5O. The Kier molecular flexibility index (Phi) is 4.33. The lowest BCUT2D eigenvalue weighted by Crippen LogP contribution is -2.45. The number of amides is 1. The smallest absolute Gasteiger partial charge is 0.227 e. The summed E-state index contributed by atoms with van der Waals surface area (Å²) in [5.41, 5.74) is 0. The molecule has 2 saturated heterocycles. The van der Waals surface area contributed by atoms with Gasteiger partial charge in [0.15, 0.2) is 0 Å². The molecule has 6 nitrogen and oxygen atoms in total. The Hall–Kier alpha value is -1.43. The molecule has 23 heavy (non-hydrogen) atoms. The highest BCUT2D eigenvalue weighted by Gasteiger charge is 2.33. The lowest BCUT2D eigenvalue weighted by Gasteiger charge is -2.39. The number of carbonyl (C=O) groups excluding carboxylic acids is 1. The van der Waals surface area contributed by atoms with Crippen LogP contribution in [-0.4, -0.2) is 51.8 Å². The molecule has 0 radical (unpaired) electrons. The van der Waals surface area contributed by atoms with Crippen molar-refractivity contribution in [3.63, 3.8) is 0 Å². The lowest BCUT2D eigenvalue weighted by molar-refractivity contribution is -0.138. The predicted octanol–water partition coefficient (Wildman–Crippen LogP) is 1.08. The van der Waals surface area contributed by atoms with Gasteiger partial charge in [-0.25, -0.2) is 9.67 Å². The largest absolute Gasteiger partial charge is 0.342 e. The van der Waals surface area contributed by atoms with E-state index >= 15 is 0 Å². The molecule has 4 rings (SSSR count). The second-order valence-corrected chi connectivity index (χ2v) is 7.34. The molecule has 0 aromatic carbocycles. The fraction of sp³-hybridized carbons (Fsp3) is 0.824. The average Bonchev–Trinajstić information content (AvgIpc) is 3.10. The fourth-order valence-corrected chi connectivity index (χ4v) is 4.60. The second kappa shape index (κ2) is 6.59. The summed E-state index contributed by atoms with van der Waals surface area (Å²) in [6.07, 6.45) is 8.42. The molecule has 2 fully saturated rings. The standard InChI is InChI=1S/C17H27N5O/c23-17(15-1-2-16-19-12-20-22(16)11-15)21-9-5-14(6-10-21)13-3-7-18-8-4-13/h12-15,18H,1-11H2. The summed E-state index contributed by atoms with van der Waals surface area (Å²) in [5.74, 6) is 3.17. The first-order valence-electron chi connectivity index (χ1n) is 9.17. The molecule has 1 aromatic heterocycles. The maximum Gasteiger partial charge on any atom is 0.227 e. The highest BCUT2D eigenvalue weighted by Crippen LogP contribution is 2.31. The van der Waals surface area contributed by atoms with E-state index in [1.165, 1.54) is 38.8 Å². The minimum atomic E-state index is 0.0969. The van der Waals surface area contributed by atoms with Crippen molar-refractivity contribution < 1.29 is 4.79 Å². The average molecular weight is 317 g/mol. The van der Waals surface area contributed by atoms with Gasteiger partial charge in [0.25, 0.3) is 0 Å². The molecule has 0 saturated carbocycles. The Morgan fingerprint density at radius 2 is 1.83 bits per heavy atom. The van der Waals surface area contributed by atoms with Crippen LogP contribution in [0.15, 0.2) is 6.33 Å². The number of nitrogens with one attached hydrogen (secondary N) is 1. The van der Waals surface area contributed by atoms with Crippen LogP contribution in [0, 0.1) is 17.8 Å². The van der Waals surface area contributed by atoms with E-state index in [1.807, 2.05) is 4.68 Å². The van der Waals surface area contributed by atoms with Crippen LogP contribution in [0.3, 0.4) is 0 Å². The molecule has 1 aromatic rings. The van der Waals surface area contributed by atoms with E-state index in [-0.39, 0.29) is 5.92 Å². The highest BCUT2D eigenvalue weighted by atomic mass is 16.2. The van der Waals surface area contributed by atoms with Gasteiger partial charge in [-0.1, -0.05) is 0 Å². The van der Waals surface area contributed by atoms with Crippen molar-refractivity contribution in [3.05, 3.63) is 12.2 Å². The topological polar surface area (TPSA) is 63.1 Å². The second-order valence-electron chi connectivity index (χ2n) is 7.34. The van der Waals surface area contributed by atoms with E-state index in [0.29, 0.717) is 12.5 Å². The third-order valence-corrected chi connectivity index (χ3v) is 6.06. The molecule has 0 aliphatic carbocycles. The number of piperidine rings is 2. The summed E-state index contributed by atoms with van der Waals surface area (Å²) in [4.78, 5) is 19.2. The van der Waals surface area contributed by atoms with Crippen molar-refractivity contribution in [2.24, 2.45) is 17.8 Å². The Labute approximate surface area is 137 Å². The van der Waals surface area contributed by atoms with E-state index in [4.69, 9.17) is 0 Å². The summed E-state index contributed by atoms with van der Waals surface area (Å²) in [6.45, 7) is 4.96. The number of fused-ring (bicyclic) bond motifs is 1. The normalized spacial score (nSPS) is 27.0. The summed E-state index contributed by atoms with van der Waals surface area (Å²) in [6, 6.07) is 0. The molecule has 1 N–H and O–H groups in total. The van der Waals surface area contributed by atoms with Gasteiger partial charge < -0.3 is 10.2 Å². The van der Waals surface area contributed by atoms with Gasteiger partial charge in [0, 0.05) is 19.5 Å². The molecule has 4 heterocycles. The number of hydrogen-bond acceptors (Lipinski definition) is 4. The van der Waals surface area contributed by atoms with Crippen LogP contribution in [0.2, 0.25) is 0 Å². The molecule has 3 aliphatic rings. The summed E-state index contributed by atoms with van der Waals surface area (Å²) < 4.78 is 1.91. The molecule has 0 bridgehead atoms. The Balaban J connectivity index is 1.31. The van der Waals surface area contributed by atoms with Gasteiger partial charge in [0.2, 0.25) is 5.91 Å². The van der Waals surface area contributed by atoms with Gasteiger partial charge in [0.1, 0.15) is 12.2 Å². The Morgan fingerprint density at radius 3 is 2.61 bits per heavy atom. The van der Waals surface area contributed by atoms with Crippen molar-refractivity contribution in [1.82, 2.24) is 25.0 Å². The molecular weight excluding hydrogens is 290 g/mol. The molecule has 1 amide bonds. The number of carbonyl (C=O) groups is 1. The van der Waals surface area contributed by atoms with E-state index in [0.717, 1.165) is 43.6 Å². The van der Waals surface area contributed by atoms with Gasteiger partial charge >= 0.3 is 0 Å². The maximum atomic E-state index is 12.8. The van der Waals surface area contributed by atoms with Crippen LogP contribution in [-0.2, 0) is 17.8 Å². The third kappa shape index (κ3) is 3.13. The SMILES string of the molecule is O=C(C1CCc2ncnn2C1)N1CCC(C2CCNCC2)CC1. The van der Waals surface area contributed by atoms with Crippen molar-refractivity contribution in [1.29, 1.82) is 0 Å². The maximum absolute atomic E-state index is 12.8. The first kappa shape index (κ1) is 15.1. The van der Waals surface area contributed by atoms with Crippen LogP contribution < -0.4 is 5.32 Å². The molecule has 0 spiro atoms. The van der Waals surface area contributed by atoms with Crippen molar-refractivity contribution in [2.75, 3.05) is 26.2 Å². The van der Waals surface area contributed by atoms with Gasteiger partial charge in [-0.2, -0.15) is 5.10 Å².